The molecule has 0 saturated carbocycles. The zero-order valence-corrected chi connectivity index (χ0v) is 5.93. The van der Waals surface area contributed by atoms with Gasteiger partial charge in [0.15, 0.2) is 0 Å². The number of aliphatic hydroxyl groups excluding tert-OH is 1. The van der Waals surface area contributed by atoms with Crippen LogP contribution in [0.15, 0.2) is 0 Å². The van der Waals surface area contributed by atoms with Crippen LogP contribution in [0.2, 0.25) is 0 Å². The van der Waals surface area contributed by atoms with Crippen LogP contribution in [-0.4, -0.2) is 23.8 Å². The molecule has 1 heterocycles. The Hall–Kier alpha value is -0.0800. The fraction of sp³-hybridized carbons (Fsp3) is 1.00. The van der Waals surface area contributed by atoms with Gasteiger partial charge in [-0.25, -0.2) is 0 Å². The fourth-order valence-electron chi connectivity index (χ4n) is 1.29. The van der Waals surface area contributed by atoms with Crippen molar-refractivity contribution in [1.82, 2.24) is 5.32 Å². The quantitative estimate of drug-likeness (QED) is 0.540. The van der Waals surface area contributed by atoms with E-state index >= 15 is 0 Å². The van der Waals surface area contributed by atoms with E-state index in [4.69, 9.17) is 5.11 Å². The summed E-state index contributed by atoms with van der Waals surface area (Å²) < 4.78 is 0. The molecule has 1 rings (SSSR count). The largest absolute Gasteiger partial charge is 0.392 e. The second-order valence-electron chi connectivity index (χ2n) is 2.80. The Bertz CT molecular complexity index is 77.0. The molecule has 1 fully saturated rings. The third-order valence-corrected chi connectivity index (χ3v) is 1.93. The maximum Gasteiger partial charge on any atom is 0.0665 e. The normalized spacial score (nSPS) is 32.0. The molecular formula is C7H15NO. The van der Waals surface area contributed by atoms with Gasteiger partial charge >= 0.3 is 0 Å². The van der Waals surface area contributed by atoms with E-state index in [0.29, 0.717) is 6.04 Å². The van der Waals surface area contributed by atoms with Crippen molar-refractivity contribution < 1.29 is 5.11 Å². The summed E-state index contributed by atoms with van der Waals surface area (Å²) in [4.78, 5) is 0. The molecule has 1 unspecified atom stereocenters. The third-order valence-electron chi connectivity index (χ3n) is 1.93. The molecule has 0 bridgehead atoms. The first-order valence-electron chi connectivity index (χ1n) is 3.72. The van der Waals surface area contributed by atoms with Crippen molar-refractivity contribution in [1.29, 1.82) is 0 Å². The van der Waals surface area contributed by atoms with Crippen molar-refractivity contribution in [3.05, 3.63) is 0 Å². The van der Waals surface area contributed by atoms with Crippen molar-refractivity contribution in [2.45, 2.75) is 38.3 Å². The molecule has 0 spiro atoms. The number of hydrogen-bond donors (Lipinski definition) is 2. The van der Waals surface area contributed by atoms with Crippen LogP contribution in [0.3, 0.4) is 0 Å². The SMILES string of the molecule is C[C@H](O)C1CCCCN1. The Balaban J connectivity index is 2.23. The highest BCUT2D eigenvalue weighted by atomic mass is 16.3. The molecule has 2 nitrogen and oxygen atoms in total. The van der Waals surface area contributed by atoms with Crippen molar-refractivity contribution in [2.24, 2.45) is 0 Å². The van der Waals surface area contributed by atoms with E-state index < -0.39 is 0 Å². The standard InChI is InChI=1S/C7H15NO/c1-6(9)7-4-2-3-5-8-7/h6-9H,2-5H2,1H3/t6-,7?/m0/s1. The molecule has 0 aromatic carbocycles. The minimum absolute atomic E-state index is 0.176. The van der Waals surface area contributed by atoms with E-state index in [1.807, 2.05) is 6.92 Å². The average Bonchev–Trinajstić information content (AvgIpc) is 1.90. The highest BCUT2D eigenvalue weighted by molar-refractivity contribution is 4.75. The van der Waals surface area contributed by atoms with Crippen molar-refractivity contribution in [3.8, 4) is 0 Å². The topological polar surface area (TPSA) is 32.3 Å². The Morgan fingerprint density at radius 1 is 1.56 bits per heavy atom. The number of piperidine rings is 1. The second-order valence-corrected chi connectivity index (χ2v) is 2.80. The number of nitrogens with one attached hydrogen (secondary N) is 1. The van der Waals surface area contributed by atoms with Gasteiger partial charge in [0.05, 0.1) is 6.10 Å². The third kappa shape index (κ3) is 1.95. The lowest BCUT2D eigenvalue weighted by Gasteiger charge is -2.25. The van der Waals surface area contributed by atoms with Gasteiger partial charge in [-0.2, -0.15) is 0 Å². The van der Waals surface area contributed by atoms with Gasteiger partial charge in [-0.3, -0.25) is 0 Å². The van der Waals surface area contributed by atoms with E-state index in [-0.39, 0.29) is 6.10 Å². The molecule has 0 aromatic heterocycles. The summed E-state index contributed by atoms with van der Waals surface area (Å²) in [6.45, 7) is 2.93. The molecule has 0 amide bonds. The van der Waals surface area contributed by atoms with Crippen LogP contribution in [0.5, 0.6) is 0 Å². The predicted molar refractivity (Wildman–Crippen MR) is 37.3 cm³/mol. The van der Waals surface area contributed by atoms with E-state index in [2.05, 4.69) is 5.32 Å². The predicted octanol–water partition coefficient (Wildman–Crippen LogP) is 0.509. The lowest BCUT2D eigenvalue weighted by Crippen LogP contribution is -2.41. The van der Waals surface area contributed by atoms with E-state index in [0.717, 1.165) is 13.0 Å². The van der Waals surface area contributed by atoms with Crippen molar-refractivity contribution in [3.63, 3.8) is 0 Å². The first-order valence-corrected chi connectivity index (χ1v) is 3.72. The van der Waals surface area contributed by atoms with Gasteiger partial charge in [-0.05, 0) is 26.3 Å². The summed E-state index contributed by atoms with van der Waals surface area (Å²) in [6.07, 6.45) is 3.49. The summed E-state index contributed by atoms with van der Waals surface area (Å²) in [5.41, 5.74) is 0. The van der Waals surface area contributed by atoms with Crippen molar-refractivity contribution in [2.75, 3.05) is 6.54 Å². The van der Waals surface area contributed by atoms with Crippen molar-refractivity contribution >= 4 is 0 Å². The Morgan fingerprint density at radius 3 is 2.67 bits per heavy atom. The van der Waals surface area contributed by atoms with Crippen LogP contribution in [0.25, 0.3) is 0 Å². The van der Waals surface area contributed by atoms with Crippen LogP contribution in [-0.2, 0) is 0 Å². The summed E-state index contributed by atoms with van der Waals surface area (Å²) in [5, 5.41) is 12.4. The highest BCUT2D eigenvalue weighted by Crippen LogP contribution is 2.09. The monoisotopic (exact) mass is 129 g/mol. The van der Waals surface area contributed by atoms with Crippen LogP contribution in [0, 0.1) is 0 Å². The lowest BCUT2D eigenvalue weighted by molar-refractivity contribution is 0.130. The zero-order chi connectivity index (χ0) is 6.69. The van der Waals surface area contributed by atoms with E-state index in [1.165, 1.54) is 12.8 Å². The average molecular weight is 129 g/mol. The molecule has 2 heteroatoms. The summed E-state index contributed by atoms with van der Waals surface area (Å²) in [7, 11) is 0. The van der Waals surface area contributed by atoms with Crippen LogP contribution < -0.4 is 5.32 Å². The fourth-order valence-corrected chi connectivity index (χ4v) is 1.29. The molecule has 0 aliphatic carbocycles. The van der Waals surface area contributed by atoms with Crippen LogP contribution >= 0.6 is 0 Å². The van der Waals surface area contributed by atoms with Gasteiger partial charge in [-0.15, -0.1) is 0 Å². The van der Waals surface area contributed by atoms with Gasteiger partial charge in [0, 0.05) is 6.04 Å². The Kier molecular flexibility index (Phi) is 2.49. The highest BCUT2D eigenvalue weighted by Gasteiger charge is 2.16. The molecular weight excluding hydrogens is 114 g/mol. The number of hydrogen-bond acceptors (Lipinski definition) is 2. The summed E-state index contributed by atoms with van der Waals surface area (Å²) in [5.74, 6) is 0. The summed E-state index contributed by atoms with van der Waals surface area (Å²) in [6, 6.07) is 0.360. The maximum atomic E-state index is 9.11. The second kappa shape index (κ2) is 3.18. The number of rotatable bonds is 1. The number of aliphatic hydroxyl groups is 1. The molecule has 2 N–H and O–H groups in total. The minimum atomic E-state index is -0.176. The minimum Gasteiger partial charge on any atom is -0.392 e. The van der Waals surface area contributed by atoms with Gasteiger partial charge < -0.3 is 10.4 Å². The molecule has 1 aliphatic rings. The Labute approximate surface area is 56.3 Å². The maximum absolute atomic E-state index is 9.11. The van der Waals surface area contributed by atoms with Gasteiger partial charge in [0.1, 0.15) is 0 Å². The molecule has 9 heavy (non-hydrogen) atoms. The lowest BCUT2D eigenvalue weighted by atomic mass is 10.0. The van der Waals surface area contributed by atoms with E-state index in [9.17, 15) is 0 Å². The molecule has 0 aromatic rings. The zero-order valence-electron chi connectivity index (χ0n) is 5.93. The Morgan fingerprint density at radius 2 is 2.33 bits per heavy atom. The smallest absolute Gasteiger partial charge is 0.0665 e. The van der Waals surface area contributed by atoms with E-state index in [1.54, 1.807) is 0 Å². The first-order chi connectivity index (χ1) is 4.30. The molecule has 54 valence electrons. The van der Waals surface area contributed by atoms with Gasteiger partial charge in [0.25, 0.3) is 0 Å². The molecule has 1 aliphatic heterocycles. The van der Waals surface area contributed by atoms with Crippen LogP contribution in [0.1, 0.15) is 26.2 Å². The van der Waals surface area contributed by atoms with Crippen LogP contribution in [0.4, 0.5) is 0 Å². The molecule has 0 radical (unpaired) electrons. The summed E-state index contributed by atoms with van der Waals surface area (Å²) >= 11 is 0. The van der Waals surface area contributed by atoms with Gasteiger partial charge in [-0.1, -0.05) is 6.42 Å². The van der Waals surface area contributed by atoms with Gasteiger partial charge in [0.2, 0.25) is 0 Å². The first kappa shape index (κ1) is 7.03. The molecule has 1 saturated heterocycles. The molecule has 2 atom stereocenters.